The topological polar surface area (TPSA) is 51.0 Å². The molecule has 0 bridgehead atoms. The smallest absolute Gasteiger partial charge is 0.226 e. The molecule has 0 radical (unpaired) electrons. The quantitative estimate of drug-likeness (QED) is 0.827. The number of hydrogen-bond acceptors (Lipinski definition) is 3. The summed E-state index contributed by atoms with van der Waals surface area (Å²) < 4.78 is 2.06. The molecule has 2 aromatic rings. The highest BCUT2D eigenvalue weighted by atomic mass is 16.2. The van der Waals surface area contributed by atoms with Crippen molar-refractivity contribution in [2.45, 2.75) is 64.3 Å². The Bertz CT molecular complexity index is 776. The minimum atomic E-state index is 0.120. The van der Waals surface area contributed by atoms with Crippen LogP contribution < -0.4 is 0 Å². The molecular formula is C21H28N4O. The molecule has 4 rings (SSSR count). The zero-order chi connectivity index (χ0) is 18.1. The molecule has 1 atom stereocenters. The second-order valence-corrected chi connectivity index (χ2v) is 7.90. The molecule has 2 aromatic heterocycles. The maximum Gasteiger partial charge on any atom is 0.226 e. The van der Waals surface area contributed by atoms with Gasteiger partial charge in [0.2, 0.25) is 5.91 Å². The first kappa shape index (κ1) is 17.3. The van der Waals surface area contributed by atoms with Gasteiger partial charge >= 0.3 is 0 Å². The summed E-state index contributed by atoms with van der Waals surface area (Å²) in [5, 5.41) is 0. The fourth-order valence-corrected chi connectivity index (χ4v) is 4.44. The number of nitrogens with zero attached hydrogens (tertiary/aromatic N) is 4. The van der Waals surface area contributed by atoms with E-state index in [9.17, 15) is 4.79 Å². The Morgan fingerprint density at radius 2 is 1.96 bits per heavy atom. The van der Waals surface area contributed by atoms with Crippen molar-refractivity contribution in [3.05, 3.63) is 42.1 Å². The van der Waals surface area contributed by atoms with Gasteiger partial charge in [0, 0.05) is 30.8 Å². The van der Waals surface area contributed by atoms with E-state index in [1.165, 1.54) is 12.8 Å². The zero-order valence-corrected chi connectivity index (χ0v) is 15.8. The van der Waals surface area contributed by atoms with Gasteiger partial charge in [0.05, 0.1) is 11.7 Å². The van der Waals surface area contributed by atoms with Gasteiger partial charge in [-0.15, -0.1) is 0 Å². The molecule has 2 aliphatic rings. The van der Waals surface area contributed by atoms with Crippen LogP contribution in [0.5, 0.6) is 0 Å². The first-order valence-electron chi connectivity index (χ1n) is 9.96. The van der Waals surface area contributed by atoms with Crippen molar-refractivity contribution in [2.24, 2.45) is 5.92 Å². The van der Waals surface area contributed by atoms with Gasteiger partial charge in [0.25, 0.3) is 0 Å². The molecule has 2 fully saturated rings. The molecule has 1 unspecified atom stereocenters. The Balaban J connectivity index is 1.61. The summed E-state index contributed by atoms with van der Waals surface area (Å²) >= 11 is 0. The zero-order valence-electron chi connectivity index (χ0n) is 15.8. The lowest BCUT2D eigenvalue weighted by Crippen LogP contribution is -2.35. The number of carbonyl (C=O) groups excluding carboxylic acids is 1. The first-order valence-corrected chi connectivity index (χ1v) is 9.96. The molecule has 1 aliphatic carbocycles. The summed E-state index contributed by atoms with van der Waals surface area (Å²) in [6.45, 7) is 5.15. The lowest BCUT2D eigenvalue weighted by Gasteiger charge is -2.27. The average molecular weight is 352 g/mol. The van der Waals surface area contributed by atoms with E-state index < -0.39 is 0 Å². The average Bonchev–Trinajstić information content (AvgIpc) is 3.42. The number of pyridine rings is 1. The first-order chi connectivity index (χ1) is 12.6. The van der Waals surface area contributed by atoms with E-state index >= 15 is 0 Å². The largest absolute Gasteiger partial charge is 0.334 e. The fourth-order valence-electron chi connectivity index (χ4n) is 4.44. The lowest BCUT2D eigenvalue weighted by molar-refractivity contribution is -0.136. The van der Waals surface area contributed by atoms with Crippen LogP contribution in [0.15, 0.2) is 30.6 Å². The van der Waals surface area contributed by atoms with Crippen molar-refractivity contribution in [3.8, 4) is 5.82 Å². The second kappa shape index (κ2) is 7.22. The number of carbonyl (C=O) groups is 1. The van der Waals surface area contributed by atoms with Crippen LogP contribution in [0.2, 0.25) is 0 Å². The van der Waals surface area contributed by atoms with E-state index in [0.29, 0.717) is 11.8 Å². The Labute approximate surface area is 155 Å². The van der Waals surface area contributed by atoms with Crippen LogP contribution in [-0.4, -0.2) is 31.9 Å². The van der Waals surface area contributed by atoms with Gasteiger partial charge in [-0.05, 0) is 37.8 Å². The molecule has 3 heterocycles. The van der Waals surface area contributed by atoms with E-state index in [2.05, 4.69) is 40.4 Å². The van der Waals surface area contributed by atoms with Crippen molar-refractivity contribution in [1.82, 2.24) is 19.4 Å². The molecule has 0 spiro atoms. The Kier molecular flexibility index (Phi) is 4.79. The van der Waals surface area contributed by atoms with Gasteiger partial charge < -0.3 is 4.90 Å². The van der Waals surface area contributed by atoms with E-state index in [-0.39, 0.29) is 12.0 Å². The van der Waals surface area contributed by atoms with Crippen LogP contribution >= 0.6 is 0 Å². The Hall–Kier alpha value is -2.17. The number of likely N-dealkylation sites (tertiary alicyclic amines) is 1. The Morgan fingerprint density at radius 1 is 1.15 bits per heavy atom. The van der Waals surface area contributed by atoms with E-state index in [1.54, 1.807) is 0 Å². The summed E-state index contributed by atoms with van der Waals surface area (Å²) in [5.41, 5.74) is 1.01. The predicted octanol–water partition coefficient (Wildman–Crippen LogP) is 4.24. The minimum absolute atomic E-state index is 0.120. The molecule has 0 aromatic carbocycles. The van der Waals surface area contributed by atoms with Gasteiger partial charge in [-0.1, -0.05) is 32.8 Å². The highest BCUT2D eigenvalue weighted by Crippen LogP contribution is 2.36. The molecular weight excluding hydrogens is 324 g/mol. The molecule has 26 heavy (non-hydrogen) atoms. The normalized spacial score (nSPS) is 21.0. The van der Waals surface area contributed by atoms with E-state index in [1.807, 2.05) is 18.5 Å². The number of rotatable bonds is 4. The third-order valence-corrected chi connectivity index (χ3v) is 5.77. The number of amides is 1. The van der Waals surface area contributed by atoms with Crippen molar-refractivity contribution in [1.29, 1.82) is 0 Å². The fraction of sp³-hybridized carbons (Fsp3) is 0.571. The highest BCUT2D eigenvalue weighted by molar-refractivity contribution is 5.79. The van der Waals surface area contributed by atoms with Crippen LogP contribution in [0, 0.1) is 5.92 Å². The molecule has 1 amide bonds. The van der Waals surface area contributed by atoms with Crippen molar-refractivity contribution < 1.29 is 4.79 Å². The third kappa shape index (κ3) is 3.15. The Morgan fingerprint density at radius 3 is 2.73 bits per heavy atom. The maximum absolute atomic E-state index is 13.0. The van der Waals surface area contributed by atoms with Crippen LogP contribution in [-0.2, 0) is 4.79 Å². The SMILES string of the molecule is CC(C)c1nccn1-c1cccc(C2CCCN2C(=O)C2CCCC2)n1. The molecule has 5 heteroatoms. The van der Waals surface area contributed by atoms with Crippen molar-refractivity contribution in [2.75, 3.05) is 6.54 Å². The molecule has 138 valence electrons. The highest BCUT2D eigenvalue weighted by Gasteiger charge is 2.35. The number of imidazole rings is 1. The monoisotopic (exact) mass is 352 g/mol. The van der Waals surface area contributed by atoms with Gasteiger partial charge in [0.1, 0.15) is 11.6 Å². The molecule has 0 N–H and O–H groups in total. The number of aromatic nitrogens is 3. The van der Waals surface area contributed by atoms with Crippen molar-refractivity contribution >= 4 is 5.91 Å². The molecule has 5 nitrogen and oxygen atoms in total. The summed E-state index contributed by atoms with van der Waals surface area (Å²) in [5.74, 6) is 2.83. The maximum atomic E-state index is 13.0. The molecule has 1 saturated heterocycles. The molecule has 1 saturated carbocycles. The van der Waals surface area contributed by atoms with Crippen LogP contribution in [0.1, 0.15) is 75.9 Å². The second-order valence-electron chi connectivity index (χ2n) is 7.90. The third-order valence-electron chi connectivity index (χ3n) is 5.77. The lowest BCUT2D eigenvalue weighted by atomic mass is 10.0. The van der Waals surface area contributed by atoms with E-state index in [0.717, 1.165) is 49.6 Å². The molecule has 1 aliphatic heterocycles. The van der Waals surface area contributed by atoms with Crippen LogP contribution in [0.4, 0.5) is 0 Å². The van der Waals surface area contributed by atoms with Gasteiger partial charge in [-0.25, -0.2) is 9.97 Å². The van der Waals surface area contributed by atoms with Crippen molar-refractivity contribution in [3.63, 3.8) is 0 Å². The summed E-state index contributed by atoms with van der Waals surface area (Å²) in [6.07, 6.45) is 10.4. The summed E-state index contributed by atoms with van der Waals surface area (Å²) in [4.78, 5) is 24.5. The van der Waals surface area contributed by atoms with E-state index in [4.69, 9.17) is 4.98 Å². The summed E-state index contributed by atoms with van der Waals surface area (Å²) in [6, 6.07) is 6.27. The number of hydrogen-bond donors (Lipinski definition) is 0. The van der Waals surface area contributed by atoms with Crippen LogP contribution in [0.3, 0.4) is 0 Å². The van der Waals surface area contributed by atoms with Gasteiger partial charge in [-0.3, -0.25) is 9.36 Å². The minimum Gasteiger partial charge on any atom is -0.334 e. The van der Waals surface area contributed by atoms with Crippen LogP contribution in [0.25, 0.3) is 5.82 Å². The van der Waals surface area contributed by atoms with Gasteiger partial charge in [0.15, 0.2) is 0 Å². The van der Waals surface area contributed by atoms with Gasteiger partial charge in [-0.2, -0.15) is 0 Å². The predicted molar refractivity (Wildman–Crippen MR) is 101 cm³/mol. The summed E-state index contributed by atoms with van der Waals surface area (Å²) in [7, 11) is 0. The standard InChI is InChI=1S/C21H28N4O/c1-15(2)20-22-12-14-25(20)19-11-5-9-17(23-19)18-10-6-13-24(18)21(26)16-7-3-4-8-16/h5,9,11-12,14-16,18H,3-4,6-8,10,13H2,1-2H3.